The van der Waals surface area contributed by atoms with Crippen LogP contribution in [0.2, 0.25) is 0 Å². The second kappa shape index (κ2) is 6.37. The van der Waals surface area contributed by atoms with Crippen LogP contribution in [-0.4, -0.2) is 44.6 Å². The van der Waals surface area contributed by atoms with E-state index in [1.54, 1.807) is 24.0 Å². The number of rotatable bonds is 2. The number of nitrogens with one attached hydrogen (secondary N) is 1. The van der Waals surface area contributed by atoms with E-state index in [0.29, 0.717) is 18.9 Å². The summed E-state index contributed by atoms with van der Waals surface area (Å²) in [6, 6.07) is -0.514. The number of piperidine rings is 1. The Bertz CT molecular complexity index is 547. The van der Waals surface area contributed by atoms with Gasteiger partial charge in [-0.2, -0.15) is 0 Å². The molecule has 1 fully saturated rings. The summed E-state index contributed by atoms with van der Waals surface area (Å²) in [6.07, 6.45) is 5.36. The fraction of sp³-hybridized carbons (Fsp3) is 0.667. The molecule has 1 aromatic heterocycles. The van der Waals surface area contributed by atoms with Crippen molar-refractivity contribution in [2.24, 2.45) is 7.05 Å². The number of ether oxygens (including phenoxy) is 1. The molecule has 0 spiro atoms. The average molecular weight is 308 g/mol. The van der Waals surface area contributed by atoms with Crippen LogP contribution >= 0.6 is 0 Å². The molecule has 0 radical (unpaired) electrons. The summed E-state index contributed by atoms with van der Waals surface area (Å²) in [5.41, 5.74) is -0.574. The molecule has 0 saturated carbocycles. The third-order valence-corrected chi connectivity index (χ3v) is 3.49. The zero-order valence-corrected chi connectivity index (χ0v) is 13.6. The van der Waals surface area contributed by atoms with Crippen molar-refractivity contribution in [3.05, 3.63) is 12.4 Å². The number of hydrogen-bond acceptors (Lipinski definition) is 4. The van der Waals surface area contributed by atoms with Crippen LogP contribution in [0.25, 0.3) is 0 Å². The molecule has 0 unspecified atom stereocenters. The van der Waals surface area contributed by atoms with Crippen LogP contribution in [0.5, 0.6) is 0 Å². The summed E-state index contributed by atoms with van der Waals surface area (Å²) in [7, 11) is 1.80. The Kier molecular flexibility index (Phi) is 4.73. The summed E-state index contributed by atoms with van der Waals surface area (Å²) in [6.45, 7) is 5.99. The predicted molar refractivity (Wildman–Crippen MR) is 82.4 cm³/mol. The van der Waals surface area contributed by atoms with E-state index in [4.69, 9.17) is 4.74 Å². The number of amides is 2. The first-order valence-electron chi connectivity index (χ1n) is 7.56. The number of imidazole rings is 1. The van der Waals surface area contributed by atoms with Crippen molar-refractivity contribution in [2.75, 3.05) is 11.9 Å². The highest BCUT2D eigenvalue weighted by Gasteiger charge is 2.35. The molecule has 2 rings (SSSR count). The van der Waals surface area contributed by atoms with Gasteiger partial charge >= 0.3 is 6.09 Å². The molecular weight excluding hydrogens is 284 g/mol. The van der Waals surface area contributed by atoms with Crippen LogP contribution in [-0.2, 0) is 16.6 Å². The Hall–Kier alpha value is -2.05. The molecule has 1 aromatic rings. The molecule has 0 aliphatic carbocycles. The maximum absolute atomic E-state index is 12.5. The molecule has 1 N–H and O–H groups in total. The number of carbonyl (C=O) groups excluding carboxylic acids is 2. The Morgan fingerprint density at radius 2 is 2.09 bits per heavy atom. The largest absolute Gasteiger partial charge is 0.444 e. The van der Waals surface area contributed by atoms with Crippen LogP contribution < -0.4 is 5.32 Å². The summed E-state index contributed by atoms with van der Waals surface area (Å²) < 4.78 is 7.12. The smallest absolute Gasteiger partial charge is 0.410 e. The zero-order chi connectivity index (χ0) is 16.3. The molecule has 7 heteroatoms. The number of aromatic nitrogens is 2. The van der Waals surface area contributed by atoms with E-state index in [2.05, 4.69) is 10.3 Å². The minimum atomic E-state index is -0.574. The number of aryl methyl sites for hydroxylation is 1. The van der Waals surface area contributed by atoms with Gasteiger partial charge in [-0.3, -0.25) is 15.0 Å². The van der Waals surface area contributed by atoms with E-state index < -0.39 is 17.7 Å². The fourth-order valence-corrected chi connectivity index (χ4v) is 2.42. The SMILES string of the molecule is Cn1ccnc1NC(=O)[C@@H]1CCCCN1C(=O)OC(C)(C)C. The lowest BCUT2D eigenvalue weighted by molar-refractivity contribution is -0.122. The van der Waals surface area contributed by atoms with Crippen LogP contribution in [0.3, 0.4) is 0 Å². The normalized spacial score (nSPS) is 18.9. The molecule has 1 atom stereocenters. The molecule has 2 amide bonds. The van der Waals surface area contributed by atoms with Crippen LogP contribution in [0.4, 0.5) is 10.7 Å². The Morgan fingerprint density at radius 3 is 2.68 bits per heavy atom. The maximum atomic E-state index is 12.5. The predicted octanol–water partition coefficient (Wildman–Crippen LogP) is 2.15. The highest BCUT2D eigenvalue weighted by molar-refractivity contribution is 5.95. The van der Waals surface area contributed by atoms with E-state index >= 15 is 0 Å². The minimum Gasteiger partial charge on any atom is -0.444 e. The van der Waals surface area contributed by atoms with Crippen molar-refractivity contribution in [1.29, 1.82) is 0 Å². The van der Waals surface area contributed by atoms with Gasteiger partial charge in [0.2, 0.25) is 11.9 Å². The molecule has 0 bridgehead atoms. The van der Waals surface area contributed by atoms with E-state index in [9.17, 15) is 9.59 Å². The standard InChI is InChI=1S/C15H24N4O3/c1-15(2,3)22-14(21)19-9-6-5-7-11(19)12(20)17-13-16-8-10-18(13)4/h8,10-11H,5-7,9H2,1-4H3,(H,16,17,20)/t11-/m0/s1. The summed E-state index contributed by atoms with van der Waals surface area (Å²) in [4.78, 5) is 30.4. The van der Waals surface area contributed by atoms with Gasteiger partial charge in [0.15, 0.2) is 0 Å². The van der Waals surface area contributed by atoms with Gasteiger partial charge in [-0.05, 0) is 40.0 Å². The highest BCUT2D eigenvalue weighted by atomic mass is 16.6. The molecule has 22 heavy (non-hydrogen) atoms. The van der Waals surface area contributed by atoms with E-state index in [-0.39, 0.29) is 5.91 Å². The molecule has 0 aromatic carbocycles. The van der Waals surface area contributed by atoms with Crippen molar-refractivity contribution >= 4 is 17.9 Å². The Labute approximate surface area is 130 Å². The van der Waals surface area contributed by atoms with Crippen molar-refractivity contribution in [2.45, 2.75) is 51.7 Å². The highest BCUT2D eigenvalue weighted by Crippen LogP contribution is 2.21. The first-order valence-corrected chi connectivity index (χ1v) is 7.56. The molecule has 1 aliphatic heterocycles. The third-order valence-electron chi connectivity index (χ3n) is 3.49. The topological polar surface area (TPSA) is 76.5 Å². The van der Waals surface area contributed by atoms with E-state index in [1.165, 1.54) is 4.90 Å². The Balaban J connectivity index is 2.07. The maximum Gasteiger partial charge on any atom is 0.410 e. The van der Waals surface area contributed by atoms with Crippen molar-refractivity contribution < 1.29 is 14.3 Å². The van der Waals surface area contributed by atoms with Crippen molar-refractivity contribution in [3.8, 4) is 0 Å². The first kappa shape index (κ1) is 16.3. The average Bonchev–Trinajstić information content (AvgIpc) is 2.82. The van der Waals surface area contributed by atoms with Gasteiger partial charge < -0.3 is 9.30 Å². The summed E-state index contributed by atoms with van der Waals surface area (Å²) in [5, 5.41) is 2.77. The number of anilines is 1. The summed E-state index contributed by atoms with van der Waals surface area (Å²) in [5.74, 6) is 0.250. The number of nitrogens with zero attached hydrogens (tertiary/aromatic N) is 3. The van der Waals surface area contributed by atoms with Crippen LogP contribution in [0.1, 0.15) is 40.0 Å². The quantitative estimate of drug-likeness (QED) is 0.908. The molecule has 1 saturated heterocycles. The Morgan fingerprint density at radius 1 is 1.36 bits per heavy atom. The number of likely N-dealkylation sites (tertiary alicyclic amines) is 1. The van der Waals surface area contributed by atoms with Gasteiger partial charge in [0.25, 0.3) is 0 Å². The lowest BCUT2D eigenvalue weighted by Crippen LogP contribution is -2.51. The minimum absolute atomic E-state index is 0.222. The lowest BCUT2D eigenvalue weighted by Gasteiger charge is -2.35. The second-order valence-corrected chi connectivity index (χ2v) is 6.54. The molecule has 7 nitrogen and oxygen atoms in total. The lowest BCUT2D eigenvalue weighted by atomic mass is 10.0. The van der Waals surface area contributed by atoms with Crippen LogP contribution in [0, 0.1) is 0 Å². The summed E-state index contributed by atoms with van der Waals surface area (Å²) >= 11 is 0. The molecule has 1 aliphatic rings. The van der Waals surface area contributed by atoms with Gasteiger partial charge in [-0.25, -0.2) is 9.78 Å². The fourth-order valence-electron chi connectivity index (χ4n) is 2.42. The number of hydrogen-bond donors (Lipinski definition) is 1. The molecular formula is C15H24N4O3. The number of carbonyl (C=O) groups is 2. The molecule has 122 valence electrons. The van der Waals surface area contributed by atoms with Crippen molar-refractivity contribution in [3.63, 3.8) is 0 Å². The monoisotopic (exact) mass is 308 g/mol. The zero-order valence-electron chi connectivity index (χ0n) is 13.6. The second-order valence-electron chi connectivity index (χ2n) is 6.54. The van der Waals surface area contributed by atoms with Gasteiger partial charge in [-0.15, -0.1) is 0 Å². The van der Waals surface area contributed by atoms with Gasteiger partial charge in [0, 0.05) is 26.0 Å². The van der Waals surface area contributed by atoms with Crippen LogP contribution in [0.15, 0.2) is 12.4 Å². The van der Waals surface area contributed by atoms with E-state index in [1.807, 2.05) is 20.8 Å². The van der Waals surface area contributed by atoms with Gasteiger partial charge in [0.1, 0.15) is 11.6 Å². The van der Waals surface area contributed by atoms with Crippen molar-refractivity contribution in [1.82, 2.24) is 14.5 Å². The third kappa shape index (κ3) is 3.99. The molecule has 2 heterocycles. The van der Waals surface area contributed by atoms with E-state index in [0.717, 1.165) is 12.8 Å². The first-order chi connectivity index (χ1) is 10.3. The van der Waals surface area contributed by atoms with Gasteiger partial charge in [0.05, 0.1) is 0 Å². The van der Waals surface area contributed by atoms with Gasteiger partial charge in [-0.1, -0.05) is 0 Å².